The van der Waals surface area contributed by atoms with Gasteiger partial charge in [-0.1, -0.05) is 0 Å². The lowest BCUT2D eigenvalue weighted by Gasteiger charge is -2.60. The molecule has 0 radical (unpaired) electrons. The highest BCUT2D eigenvalue weighted by molar-refractivity contribution is 5.91. The Morgan fingerprint density at radius 3 is 2.37 bits per heavy atom. The average molecular weight is 480 g/mol. The number of aromatic nitrogens is 1. The summed E-state index contributed by atoms with van der Waals surface area (Å²) in [6.45, 7) is 3.05. The quantitative estimate of drug-likeness (QED) is 0.560. The molecule has 3 heterocycles. The summed E-state index contributed by atoms with van der Waals surface area (Å²) in [5.74, 6) is 3.01. The second-order valence-corrected chi connectivity index (χ2v) is 10.8. The number of hydrogen-bond donors (Lipinski definition) is 0. The highest BCUT2D eigenvalue weighted by Gasteiger charge is 2.54. The molecule has 7 rings (SSSR count). The SMILES string of the molecule is O=C(OCC(=O)N(Cc1ccco1)C12CC3CC(CC(C3)C1)C2)c1ccc(N2CCOCC2)nc1. The van der Waals surface area contributed by atoms with Gasteiger partial charge in [0.05, 0.1) is 31.6 Å². The largest absolute Gasteiger partial charge is 0.467 e. The van der Waals surface area contributed by atoms with E-state index in [1.807, 2.05) is 23.1 Å². The molecule has 4 bridgehead atoms. The third-order valence-corrected chi connectivity index (χ3v) is 8.42. The lowest BCUT2D eigenvalue weighted by molar-refractivity contribution is -0.156. The number of amides is 1. The van der Waals surface area contributed by atoms with Gasteiger partial charge in [0.15, 0.2) is 6.61 Å². The fraction of sp³-hybridized carbons (Fsp3) is 0.593. The van der Waals surface area contributed by atoms with Crippen LogP contribution in [0.5, 0.6) is 0 Å². The van der Waals surface area contributed by atoms with E-state index in [0.29, 0.717) is 43.1 Å². The van der Waals surface area contributed by atoms with Crippen LogP contribution in [-0.2, 0) is 20.8 Å². The molecule has 2 aromatic heterocycles. The number of morpholine rings is 1. The van der Waals surface area contributed by atoms with Crippen LogP contribution in [0.1, 0.15) is 54.6 Å². The summed E-state index contributed by atoms with van der Waals surface area (Å²) in [5, 5.41) is 0. The highest BCUT2D eigenvalue weighted by Crippen LogP contribution is 2.58. The summed E-state index contributed by atoms with van der Waals surface area (Å²) in [4.78, 5) is 34.8. The number of ether oxygens (including phenoxy) is 2. The zero-order valence-electron chi connectivity index (χ0n) is 20.1. The molecule has 4 aliphatic carbocycles. The van der Waals surface area contributed by atoms with E-state index in [4.69, 9.17) is 13.9 Å². The second-order valence-electron chi connectivity index (χ2n) is 10.8. The van der Waals surface area contributed by atoms with Crippen molar-refractivity contribution in [2.75, 3.05) is 37.8 Å². The highest BCUT2D eigenvalue weighted by atomic mass is 16.5. The number of anilines is 1. The Labute approximate surface area is 205 Å². The molecule has 4 saturated carbocycles. The molecule has 0 aromatic carbocycles. The Hall–Kier alpha value is -2.87. The van der Waals surface area contributed by atoms with E-state index in [-0.39, 0.29) is 18.1 Å². The van der Waals surface area contributed by atoms with Gasteiger partial charge >= 0.3 is 5.97 Å². The van der Waals surface area contributed by atoms with Crippen molar-refractivity contribution < 1.29 is 23.5 Å². The van der Waals surface area contributed by atoms with Gasteiger partial charge in [0.1, 0.15) is 11.6 Å². The molecule has 2 aromatic rings. The zero-order chi connectivity index (χ0) is 23.8. The first-order valence-electron chi connectivity index (χ1n) is 12.9. The summed E-state index contributed by atoms with van der Waals surface area (Å²) in [6, 6.07) is 7.30. The third-order valence-electron chi connectivity index (χ3n) is 8.42. The molecule has 5 fully saturated rings. The zero-order valence-corrected chi connectivity index (χ0v) is 20.1. The summed E-state index contributed by atoms with van der Waals surface area (Å²) >= 11 is 0. The van der Waals surface area contributed by atoms with Crippen molar-refractivity contribution >= 4 is 17.7 Å². The molecule has 8 heteroatoms. The minimum Gasteiger partial charge on any atom is -0.467 e. The number of nitrogens with zero attached hydrogens (tertiary/aromatic N) is 3. The van der Waals surface area contributed by atoms with Crippen LogP contribution in [0.15, 0.2) is 41.1 Å². The van der Waals surface area contributed by atoms with Crippen molar-refractivity contribution in [3.05, 3.63) is 48.0 Å². The maximum Gasteiger partial charge on any atom is 0.340 e. The van der Waals surface area contributed by atoms with E-state index in [2.05, 4.69) is 9.88 Å². The van der Waals surface area contributed by atoms with Gasteiger partial charge in [0.2, 0.25) is 0 Å². The predicted octanol–water partition coefficient (Wildman–Crippen LogP) is 3.67. The standard InChI is InChI=1S/C27H33N3O5/c31-25(18-35-26(32)22-3-4-24(28-16-22)29-5-8-33-9-6-29)30(17-23-2-1-7-34-23)27-13-19-10-20(14-27)12-21(11-19)15-27/h1-4,7,16,19-21H,5-6,8-15,17-18H2. The molecule has 186 valence electrons. The van der Waals surface area contributed by atoms with Crippen LogP contribution < -0.4 is 4.90 Å². The fourth-order valence-corrected chi connectivity index (χ4v) is 7.25. The summed E-state index contributed by atoms with van der Waals surface area (Å²) in [7, 11) is 0. The minimum absolute atomic E-state index is 0.144. The lowest BCUT2D eigenvalue weighted by atomic mass is 9.52. The Kier molecular flexibility index (Phi) is 6.00. The van der Waals surface area contributed by atoms with Gasteiger partial charge < -0.3 is 23.7 Å². The maximum absolute atomic E-state index is 13.6. The van der Waals surface area contributed by atoms with Gasteiger partial charge in [0, 0.05) is 24.8 Å². The Morgan fingerprint density at radius 1 is 1.06 bits per heavy atom. The van der Waals surface area contributed by atoms with Crippen LogP contribution in [0.3, 0.4) is 0 Å². The van der Waals surface area contributed by atoms with Gasteiger partial charge in [-0.05, 0) is 80.5 Å². The van der Waals surface area contributed by atoms with Crippen LogP contribution in [0, 0.1) is 17.8 Å². The molecule has 0 spiro atoms. The molecule has 8 nitrogen and oxygen atoms in total. The second kappa shape index (κ2) is 9.30. The van der Waals surface area contributed by atoms with Crippen LogP contribution >= 0.6 is 0 Å². The molecule has 1 saturated heterocycles. The maximum atomic E-state index is 13.6. The van der Waals surface area contributed by atoms with Crippen molar-refractivity contribution in [2.45, 2.75) is 50.6 Å². The topological polar surface area (TPSA) is 85.1 Å². The Morgan fingerprint density at radius 2 is 1.77 bits per heavy atom. The minimum atomic E-state index is -0.525. The van der Waals surface area contributed by atoms with E-state index in [1.165, 1.54) is 25.5 Å². The lowest BCUT2D eigenvalue weighted by Crippen LogP contribution is -2.61. The molecule has 0 N–H and O–H groups in total. The summed E-state index contributed by atoms with van der Waals surface area (Å²) in [5.41, 5.74) is 0.203. The molecule has 1 aliphatic heterocycles. The molecular weight excluding hydrogens is 446 g/mol. The van der Waals surface area contributed by atoms with Crippen molar-refractivity contribution in [3.8, 4) is 0 Å². The number of furan rings is 1. The van der Waals surface area contributed by atoms with Crippen molar-refractivity contribution in [1.29, 1.82) is 0 Å². The van der Waals surface area contributed by atoms with Gasteiger partial charge in [-0.2, -0.15) is 0 Å². The predicted molar refractivity (Wildman–Crippen MR) is 128 cm³/mol. The van der Waals surface area contributed by atoms with Crippen LogP contribution in [-0.4, -0.2) is 60.2 Å². The fourth-order valence-electron chi connectivity index (χ4n) is 7.25. The van der Waals surface area contributed by atoms with E-state index < -0.39 is 5.97 Å². The average Bonchev–Trinajstić information content (AvgIpc) is 3.39. The van der Waals surface area contributed by atoms with Gasteiger partial charge in [0.25, 0.3) is 5.91 Å². The number of rotatable bonds is 7. The van der Waals surface area contributed by atoms with E-state index in [9.17, 15) is 9.59 Å². The molecule has 0 atom stereocenters. The van der Waals surface area contributed by atoms with Crippen molar-refractivity contribution in [1.82, 2.24) is 9.88 Å². The van der Waals surface area contributed by atoms with E-state index in [0.717, 1.165) is 43.9 Å². The van der Waals surface area contributed by atoms with Gasteiger partial charge in [-0.3, -0.25) is 4.79 Å². The first-order chi connectivity index (χ1) is 17.1. The number of carbonyl (C=O) groups excluding carboxylic acids is 2. The monoisotopic (exact) mass is 479 g/mol. The van der Waals surface area contributed by atoms with E-state index >= 15 is 0 Å². The van der Waals surface area contributed by atoms with Crippen molar-refractivity contribution in [2.24, 2.45) is 17.8 Å². The molecule has 5 aliphatic rings. The van der Waals surface area contributed by atoms with Crippen molar-refractivity contribution in [3.63, 3.8) is 0 Å². The van der Waals surface area contributed by atoms with Crippen LogP contribution in [0.2, 0.25) is 0 Å². The van der Waals surface area contributed by atoms with Crippen LogP contribution in [0.25, 0.3) is 0 Å². The Bertz CT molecular complexity index is 1010. The first-order valence-corrected chi connectivity index (χ1v) is 12.9. The molecule has 1 amide bonds. The third kappa shape index (κ3) is 4.56. The number of esters is 1. The number of pyridine rings is 1. The smallest absolute Gasteiger partial charge is 0.340 e. The Balaban J connectivity index is 1.13. The van der Waals surface area contributed by atoms with Gasteiger partial charge in [-0.25, -0.2) is 9.78 Å². The number of hydrogen-bond acceptors (Lipinski definition) is 7. The normalized spacial score (nSPS) is 29.3. The van der Waals surface area contributed by atoms with E-state index in [1.54, 1.807) is 12.3 Å². The van der Waals surface area contributed by atoms with Gasteiger partial charge in [-0.15, -0.1) is 0 Å². The van der Waals surface area contributed by atoms with Crippen LogP contribution in [0.4, 0.5) is 5.82 Å². The molecule has 0 unspecified atom stereocenters. The number of carbonyl (C=O) groups is 2. The summed E-state index contributed by atoms with van der Waals surface area (Å²) in [6.07, 6.45) is 10.2. The molecule has 35 heavy (non-hydrogen) atoms. The summed E-state index contributed by atoms with van der Waals surface area (Å²) < 4.78 is 16.5. The molecular formula is C27H33N3O5. The first kappa shape index (κ1) is 22.6.